The highest BCUT2D eigenvalue weighted by atomic mass is 16.3. The number of likely N-dealkylation sites (tertiary alicyclic amines) is 1. The first kappa shape index (κ1) is 10.5. The highest BCUT2D eigenvalue weighted by Gasteiger charge is 2.37. The number of amides is 1. The Kier molecular flexibility index (Phi) is 2.93. The molecule has 4 nitrogen and oxygen atoms in total. The Balaban J connectivity index is 2.55. The molecule has 1 heterocycles. The molecule has 0 spiro atoms. The van der Waals surface area contributed by atoms with Crippen molar-refractivity contribution < 1.29 is 15.0 Å². The zero-order valence-electron chi connectivity index (χ0n) is 8.16. The first-order chi connectivity index (χ1) is 5.98. The fourth-order valence-corrected chi connectivity index (χ4v) is 1.60. The summed E-state index contributed by atoms with van der Waals surface area (Å²) in [6.45, 7) is 4.25. The molecule has 1 saturated heterocycles. The summed E-state index contributed by atoms with van der Waals surface area (Å²) >= 11 is 0. The first-order valence-electron chi connectivity index (χ1n) is 4.68. The van der Waals surface area contributed by atoms with Gasteiger partial charge in [0.1, 0.15) is 6.10 Å². The fourth-order valence-electron chi connectivity index (χ4n) is 1.60. The van der Waals surface area contributed by atoms with Gasteiger partial charge in [-0.05, 0) is 19.8 Å². The van der Waals surface area contributed by atoms with Crippen molar-refractivity contribution in [2.75, 3.05) is 13.1 Å². The lowest BCUT2D eigenvalue weighted by Gasteiger charge is -2.22. The average Bonchev–Trinajstić information content (AvgIpc) is 2.47. The minimum Gasteiger partial charge on any atom is -0.388 e. The zero-order chi connectivity index (χ0) is 10.1. The Bertz CT molecular complexity index is 205. The molecule has 0 radical (unpaired) electrons. The number of nitrogens with zero attached hydrogens (tertiary/aromatic N) is 1. The maximum absolute atomic E-state index is 11.3. The molecule has 1 unspecified atom stereocenters. The van der Waals surface area contributed by atoms with E-state index in [0.717, 1.165) is 0 Å². The standard InChI is InChI=1S/C9H17NO3/c1-3-9(13)4-5-10(6-9)8(12)7(2)11/h7,11,13H,3-6H2,1-2H3/t7-,9?/m0/s1. The molecular weight excluding hydrogens is 170 g/mol. The van der Waals surface area contributed by atoms with Gasteiger partial charge in [0, 0.05) is 13.1 Å². The SMILES string of the molecule is CCC1(O)CCN(C(=O)[C@H](C)O)C1. The van der Waals surface area contributed by atoms with Crippen molar-refractivity contribution in [3.63, 3.8) is 0 Å². The summed E-state index contributed by atoms with van der Waals surface area (Å²) in [7, 11) is 0. The van der Waals surface area contributed by atoms with Crippen LogP contribution in [0.3, 0.4) is 0 Å². The second-order valence-corrected chi connectivity index (χ2v) is 3.76. The van der Waals surface area contributed by atoms with Gasteiger partial charge in [0.2, 0.25) is 0 Å². The highest BCUT2D eigenvalue weighted by Crippen LogP contribution is 2.24. The second-order valence-electron chi connectivity index (χ2n) is 3.76. The molecule has 0 saturated carbocycles. The quantitative estimate of drug-likeness (QED) is 0.626. The average molecular weight is 187 g/mol. The summed E-state index contributed by atoms with van der Waals surface area (Å²) in [5.74, 6) is -0.288. The number of carbonyl (C=O) groups is 1. The lowest BCUT2D eigenvalue weighted by molar-refractivity contribution is -0.139. The van der Waals surface area contributed by atoms with Gasteiger partial charge in [-0.15, -0.1) is 0 Å². The molecule has 0 bridgehead atoms. The van der Waals surface area contributed by atoms with E-state index in [1.54, 1.807) is 0 Å². The van der Waals surface area contributed by atoms with Gasteiger partial charge in [0.05, 0.1) is 5.60 Å². The third kappa shape index (κ3) is 2.19. The van der Waals surface area contributed by atoms with E-state index < -0.39 is 11.7 Å². The van der Waals surface area contributed by atoms with Gasteiger partial charge in [-0.25, -0.2) is 0 Å². The van der Waals surface area contributed by atoms with Crippen LogP contribution >= 0.6 is 0 Å². The fraction of sp³-hybridized carbons (Fsp3) is 0.889. The molecule has 1 aliphatic heterocycles. The van der Waals surface area contributed by atoms with Crippen LogP contribution in [0.2, 0.25) is 0 Å². The van der Waals surface area contributed by atoms with Crippen LogP contribution in [0.5, 0.6) is 0 Å². The van der Waals surface area contributed by atoms with Crippen LogP contribution in [0.4, 0.5) is 0 Å². The summed E-state index contributed by atoms with van der Waals surface area (Å²) in [6.07, 6.45) is 0.303. The molecule has 0 aromatic heterocycles. The maximum Gasteiger partial charge on any atom is 0.251 e. The number of hydrogen-bond donors (Lipinski definition) is 2. The van der Waals surface area contributed by atoms with Crippen LogP contribution in [0.15, 0.2) is 0 Å². The van der Waals surface area contributed by atoms with E-state index in [9.17, 15) is 9.90 Å². The number of aliphatic hydroxyl groups is 2. The summed E-state index contributed by atoms with van der Waals surface area (Å²) < 4.78 is 0. The predicted octanol–water partition coefficient (Wildman–Crippen LogP) is -0.259. The van der Waals surface area contributed by atoms with Crippen molar-refractivity contribution in [2.24, 2.45) is 0 Å². The van der Waals surface area contributed by atoms with Crippen LogP contribution in [0, 0.1) is 0 Å². The molecule has 4 heteroatoms. The molecule has 0 aliphatic carbocycles. The van der Waals surface area contributed by atoms with Crippen molar-refractivity contribution in [3.8, 4) is 0 Å². The smallest absolute Gasteiger partial charge is 0.251 e. The minimum atomic E-state index is -0.959. The van der Waals surface area contributed by atoms with Crippen LogP contribution in [-0.2, 0) is 4.79 Å². The van der Waals surface area contributed by atoms with Gasteiger partial charge < -0.3 is 15.1 Å². The number of aliphatic hydroxyl groups excluding tert-OH is 1. The van der Waals surface area contributed by atoms with Crippen molar-refractivity contribution in [1.29, 1.82) is 0 Å². The van der Waals surface area contributed by atoms with Crippen molar-refractivity contribution in [3.05, 3.63) is 0 Å². The van der Waals surface area contributed by atoms with Crippen LogP contribution < -0.4 is 0 Å². The Morgan fingerprint density at radius 1 is 1.69 bits per heavy atom. The molecule has 76 valence electrons. The Morgan fingerprint density at radius 2 is 2.31 bits per heavy atom. The molecule has 2 N–H and O–H groups in total. The van der Waals surface area contributed by atoms with Crippen molar-refractivity contribution >= 4 is 5.91 Å². The van der Waals surface area contributed by atoms with Crippen molar-refractivity contribution in [2.45, 2.75) is 38.4 Å². The molecule has 13 heavy (non-hydrogen) atoms. The van der Waals surface area contributed by atoms with Gasteiger partial charge in [-0.1, -0.05) is 6.92 Å². The maximum atomic E-state index is 11.3. The van der Waals surface area contributed by atoms with Gasteiger partial charge >= 0.3 is 0 Å². The monoisotopic (exact) mass is 187 g/mol. The van der Waals surface area contributed by atoms with Gasteiger partial charge in [-0.3, -0.25) is 4.79 Å². The first-order valence-corrected chi connectivity index (χ1v) is 4.68. The van der Waals surface area contributed by atoms with E-state index in [2.05, 4.69) is 0 Å². The lowest BCUT2D eigenvalue weighted by Crippen LogP contribution is -2.39. The van der Waals surface area contributed by atoms with E-state index in [0.29, 0.717) is 25.9 Å². The molecule has 1 aliphatic rings. The zero-order valence-corrected chi connectivity index (χ0v) is 8.16. The third-order valence-electron chi connectivity index (χ3n) is 2.66. The van der Waals surface area contributed by atoms with E-state index in [1.165, 1.54) is 11.8 Å². The molecule has 2 atom stereocenters. The van der Waals surface area contributed by atoms with E-state index >= 15 is 0 Å². The summed E-state index contributed by atoms with van der Waals surface area (Å²) in [5, 5.41) is 18.9. The van der Waals surface area contributed by atoms with E-state index in [4.69, 9.17) is 5.11 Å². The second kappa shape index (κ2) is 3.64. The van der Waals surface area contributed by atoms with E-state index in [-0.39, 0.29) is 5.91 Å². The Labute approximate surface area is 78.2 Å². The Morgan fingerprint density at radius 3 is 2.69 bits per heavy atom. The minimum absolute atomic E-state index is 0.288. The van der Waals surface area contributed by atoms with Crippen molar-refractivity contribution in [1.82, 2.24) is 4.90 Å². The summed E-state index contributed by atoms with van der Waals surface area (Å²) in [5.41, 5.74) is -0.732. The Hall–Kier alpha value is -0.610. The lowest BCUT2D eigenvalue weighted by atomic mass is 10.0. The molecular formula is C9H17NO3. The predicted molar refractivity (Wildman–Crippen MR) is 48.1 cm³/mol. The third-order valence-corrected chi connectivity index (χ3v) is 2.66. The van der Waals surface area contributed by atoms with Gasteiger partial charge in [0.25, 0.3) is 5.91 Å². The number of β-amino-alcohol motifs (C(OH)–C–C–N with tert-alkyl or cyclic N) is 1. The number of hydrogen-bond acceptors (Lipinski definition) is 3. The van der Waals surface area contributed by atoms with Crippen LogP contribution in [0.1, 0.15) is 26.7 Å². The summed E-state index contributed by atoms with van der Waals surface area (Å²) in [4.78, 5) is 12.8. The molecule has 1 amide bonds. The largest absolute Gasteiger partial charge is 0.388 e. The molecule has 0 aromatic carbocycles. The molecule has 1 rings (SSSR count). The number of carbonyl (C=O) groups excluding carboxylic acids is 1. The van der Waals surface area contributed by atoms with Crippen LogP contribution in [-0.4, -0.2) is 45.8 Å². The van der Waals surface area contributed by atoms with Gasteiger partial charge in [0.15, 0.2) is 0 Å². The summed E-state index contributed by atoms with van der Waals surface area (Å²) in [6, 6.07) is 0. The van der Waals surface area contributed by atoms with Crippen LogP contribution in [0.25, 0.3) is 0 Å². The topological polar surface area (TPSA) is 60.8 Å². The van der Waals surface area contributed by atoms with Gasteiger partial charge in [-0.2, -0.15) is 0 Å². The number of rotatable bonds is 2. The van der Waals surface area contributed by atoms with E-state index in [1.807, 2.05) is 6.92 Å². The molecule has 0 aromatic rings. The highest BCUT2D eigenvalue weighted by molar-refractivity contribution is 5.80. The molecule has 1 fully saturated rings. The normalized spacial score (nSPS) is 30.6.